The molecule has 5 nitrogen and oxygen atoms in total. The highest BCUT2D eigenvalue weighted by molar-refractivity contribution is 5.45. The Bertz CT molecular complexity index is 613. The third-order valence-electron chi connectivity index (χ3n) is 3.07. The zero-order valence-electron chi connectivity index (χ0n) is 11.8. The van der Waals surface area contributed by atoms with Crippen LogP contribution in [0.5, 0.6) is 5.75 Å². The molecule has 1 heterocycles. The fourth-order valence-corrected chi connectivity index (χ4v) is 2.03. The van der Waals surface area contributed by atoms with Gasteiger partial charge in [-0.25, -0.2) is 4.98 Å². The van der Waals surface area contributed by atoms with Gasteiger partial charge >= 0.3 is 0 Å². The maximum atomic E-state index is 9.09. The van der Waals surface area contributed by atoms with Gasteiger partial charge < -0.3 is 14.6 Å². The molecule has 0 saturated carbocycles. The first-order chi connectivity index (χ1) is 9.76. The average molecular weight is 270 g/mol. The van der Waals surface area contributed by atoms with Gasteiger partial charge in [-0.1, -0.05) is 6.07 Å². The molecule has 0 aliphatic rings. The Hall–Kier alpha value is -2.32. The second-order valence-corrected chi connectivity index (χ2v) is 4.54. The Morgan fingerprint density at radius 2 is 2.30 bits per heavy atom. The Morgan fingerprint density at radius 1 is 1.45 bits per heavy atom. The molecule has 0 bridgehead atoms. The van der Waals surface area contributed by atoms with Gasteiger partial charge in [-0.2, -0.15) is 5.26 Å². The number of rotatable bonds is 6. The lowest BCUT2D eigenvalue weighted by molar-refractivity contribution is 0.413. The van der Waals surface area contributed by atoms with Crippen LogP contribution in [-0.2, 0) is 13.0 Å². The maximum absolute atomic E-state index is 9.09. The number of nitriles is 1. The van der Waals surface area contributed by atoms with Crippen LogP contribution in [-0.4, -0.2) is 30.3 Å². The monoisotopic (exact) mass is 270 g/mol. The molecule has 0 aliphatic carbocycles. The van der Waals surface area contributed by atoms with Crippen molar-refractivity contribution >= 4 is 0 Å². The van der Waals surface area contributed by atoms with Crippen molar-refractivity contribution in [2.45, 2.75) is 13.0 Å². The van der Waals surface area contributed by atoms with Crippen molar-refractivity contribution in [1.82, 2.24) is 14.9 Å². The summed E-state index contributed by atoms with van der Waals surface area (Å²) in [5, 5.41) is 12.2. The Morgan fingerprint density at radius 3 is 3.00 bits per heavy atom. The normalized spacial score (nSPS) is 10.2. The first-order valence-corrected chi connectivity index (χ1v) is 6.49. The van der Waals surface area contributed by atoms with Gasteiger partial charge in [-0.05, 0) is 24.7 Å². The molecule has 2 aromatic rings. The van der Waals surface area contributed by atoms with Crippen LogP contribution in [0.1, 0.15) is 16.8 Å². The van der Waals surface area contributed by atoms with Gasteiger partial charge in [0.25, 0.3) is 0 Å². The summed E-state index contributed by atoms with van der Waals surface area (Å²) < 4.78 is 7.16. The fourth-order valence-electron chi connectivity index (χ4n) is 2.03. The molecule has 2 rings (SSSR count). The average Bonchev–Trinajstić information content (AvgIpc) is 2.92. The van der Waals surface area contributed by atoms with Crippen molar-refractivity contribution in [3.8, 4) is 11.8 Å². The first kappa shape index (κ1) is 14.1. The van der Waals surface area contributed by atoms with E-state index in [4.69, 9.17) is 10.00 Å². The van der Waals surface area contributed by atoms with Crippen LogP contribution in [0.3, 0.4) is 0 Å². The standard InChI is InChI=1S/C15H18N4O/c1-17-6-5-14-10-19(11-18-14)9-12-3-4-15(20-2)13(7-12)8-16/h3-4,7,10-11,17H,5-6,9H2,1-2H3. The predicted molar refractivity (Wildman–Crippen MR) is 76.7 cm³/mol. The fraction of sp³-hybridized carbons (Fsp3) is 0.333. The number of aromatic nitrogens is 2. The third kappa shape index (κ3) is 3.37. The highest BCUT2D eigenvalue weighted by Crippen LogP contribution is 2.19. The van der Waals surface area contributed by atoms with Crippen LogP contribution in [0, 0.1) is 11.3 Å². The molecule has 1 aromatic heterocycles. The van der Waals surface area contributed by atoms with Gasteiger partial charge in [0.05, 0.1) is 24.7 Å². The van der Waals surface area contributed by atoms with E-state index in [-0.39, 0.29) is 0 Å². The topological polar surface area (TPSA) is 62.9 Å². The first-order valence-electron chi connectivity index (χ1n) is 6.49. The summed E-state index contributed by atoms with van der Waals surface area (Å²) in [6.07, 6.45) is 4.77. The molecule has 0 atom stereocenters. The number of imidazole rings is 1. The van der Waals surface area contributed by atoms with Crippen LogP contribution in [0.15, 0.2) is 30.7 Å². The number of benzene rings is 1. The highest BCUT2D eigenvalue weighted by Gasteiger charge is 2.05. The molecule has 1 N–H and O–H groups in total. The number of likely N-dealkylation sites (N-methyl/N-ethyl adjacent to an activating group) is 1. The summed E-state index contributed by atoms with van der Waals surface area (Å²) in [7, 11) is 3.50. The number of methoxy groups -OCH3 is 1. The van der Waals surface area contributed by atoms with Crippen molar-refractivity contribution in [3.05, 3.63) is 47.5 Å². The van der Waals surface area contributed by atoms with E-state index in [1.165, 1.54) is 0 Å². The van der Waals surface area contributed by atoms with E-state index in [0.29, 0.717) is 17.9 Å². The third-order valence-corrected chi connectivity index (χ3v) is 3.07. The molecule has 5 heteroatoms. The van der Waals surface area contributed by atoms with E-state index in [9.17, 15) is 0 Å². The summed E-state index contributed by atoms with van der Waals surface area (Å²) >= 11 is 0. The van der Waals surface area contributed by atoms with Gasteiger partial charge in [0.2, 0.25) is 0 Å². The summed E-state index contributed by atoms with van der Waals surface area (Å²) in [6, 6.07) is 7.79. The predicted octanol–water partition coefficient (Wildman–Crippen LogP) is 1.57. The zero-order chi connectivity index (χ0) is 14.4. The smallest absolute Gasteiger partial charge is 0.136 e. The molecule has 0 radical (unpaired) electrons. The molecule has 0 fully saturated rings. The number of nitrogens with one attached hydrogen (secondary N) is 1. The molecule has 20 heavy (non-hydrogen) atoms. The molecule has 0 aliphatic heterocycles. The quantitative estimate of drug-likeness (QED) is 0.865. The molecule has 1 aromatic carbocycles. The largest absolute Gasteiger partial charge is 0.495 e. The minimum absolute atomic E-state index is 0.556. The van der Waals surface area contributed by atoms with Gasteiger partial charge in [0.15, 0.2) is 0 Å². The highest BCUT2D eigenvalue weighted by atomic mass is 16.5. The van der Waals surface area contributed by atoms with E-state index in [1.54, 1.807) is 7.11 Å². The minimum atomic E-state index is 0.556. The number of ether oxygens (including phenoxy) is 1. The summed E-state index contributed by atoms with van der Waals surface area (Å²) in [5.41, 5.74) is 2.67. The molecule has 0 saturated heterocycles. The Labute approximate surface area is 118 Å². The van der Waals surface area contributed by atoms with Gasteiger partial charge in [-0.3, -0.25) is 0 Å². The van der Waals surface area contributed by atoms with Crippen LogP contribution in [0.4, 0.5) is 0 Å². The maximum Gasteiger partial charge on any atom is 0.136 e. The number of hydrogen-bond donors (Lipinski definition) is 1. The molecule has 0 amide bonds. The van der Waals surface area contributed by atoms with E-state index in [0.717, 1.165) is 24.2 Å². The lowest BCUT2D eigenvalue weighted by Gasteiger charge is -2.06. The zero-order valence-corrected chi connectivity index (χ0v) is 11.8. The van der Waals surface area contributed by atoms with E-state index in [1.807, 2.05) is 42.3 Å². The molecule has 0 unspecified atom stereocenters. The van der Waals surface area contributed by atoms with Crippen molar-refractivity contribution in [2.75, 3.05) is 20.7 Å². The van der Waals surface area contributed by atoms with Crippen LogP contribution >= 0.6 is 0 Å². The van der Waals surface area contributed by atoms with E-state index < -0.39 is 0 Å². The van der Waals surface area contributed by atoms with Crippen molar-refractivity contribution in [1.29, 1.82) is 5.26 Å². The van der Waals surface area contributed by atoms with Crippen molar-refractivity contribution in [2.24, 2.45) is 0 Å². The van der Waals surface area contributed by atoms with Crippen LogP contribution in [0.2, 0.25) is 0 Å². The second-order valence-electron chi connectivity index (χ2n) is 4.54. The number of hydrogen-bond acceptors (Lipinski definition) is 4. The Balaban J connectivity index is 2.10. The number of nitrogens with zero attached hydrogens (tertiary/aromatic N) is 3. The van der Waals surface area contributed by atoms with Crippen LogP contribution in [0.25, 0.3) is 0 Å². The second kappa shape index (κ2) is 6.73. The lowest BCUT2D eigenvalue weighted by Crippen LogP contribution is -2.10. The van der Waals surface area contributed by atoms with E-state index >= 15 is 0 Å². The van der Waals surface area contributed by atoms with Crippen LogP contribution < -0.4 is 10.1 Å². The molecule has 0 spiro atoms. The minimum Gasteiger partial charge on any atom is -0.495 e. The van der Waals surface area contributed by atoms with E-state index in [2.05, 4.69) is 16.4 Å². The summed E-state index contributed by atoms with van der Waals surface area (Å²) in [5.74, 6) is 0.608. The lowest BCUT2D eigenvalue weighted by atomic mass is 10.1. The van der Waals surface area contributed by atoms with Crippen molar-refractivity contribution < 1.29 is 4.74 Å². The molecular formula is C15H18N4O. The summed E-state index contributed by atoms with van der Waals surface area (Å²) in [4.78, 5) is 4.36. The Kier molecular flexibility index (Phi) is 4.75. The summed E-state index contributed by atoms with van der Waals surface area (Å²) in [6.45, 7) is 1.61. The van der Waals surface area contributed by atoms with Gasteiger partial charge in [-0.15, -0.1) is 0 Å². The van der Waals surface area contributed by atoms with Gasteiger partial charge in [0, 0.05) is 25.7 Å². The van der Waals surface area contributed by atoms with Crippen molar-refractivity contribution in [3.63, 3.8) is 0 Å². The SMILES string of the molecule is CNCCc1cn(Cc2ccc(OC)c(C#N)c2)cn1. The van der Waals surface area contributed by atoms with Gasteiger partial charge in [0.1, 0.15) is 11.8 Å². The molecule has 104 valence electrons. The molecular weight excluding hydrogens is 252 g/mol.